The molecule has 0 saturated heterocycles. The van der Waals surface area contributed by atoms with Crippen LogP contribution in [0.5, 0.6) is 0 Å². The standard InChI is InChI=1S/C14H17N3O/c1-3-11(15)14(18)17-12-6-4-5-10-8-7-9(2)16-13(10)12/h4-8,11H,3,15H2,1-2H3,(H,17,18)/t11-/m0/s1. The molecule has 0 unspecified atom stereocenters. The Morgan fingerprint density at radius 1 is 1.39 bits per heavy atom. The molecule has 0 spiro atoms. The number of carbonyl (C=O) groups excluding carboxylic acids is 1. The number of fused-ring (bicyclic) bond motifs is 1. The van der Waals surface area contributed by atoms with Crippen molar-refractivity contribution in [3.63, 3.8) is 0 Å². The summed E-state index contributed by atoms with van der Waals surface area (Å²) in [6, 6.07) is 9.17. The SMILES string of the molecule is CC[C@H](N)C(=O)Nc1cccc2ccc(C)nc12. The molecule has 3 N–H and O–H groups in total. The van der Waals surface area contributed by atoms with Crippen LogP contribution in [-0.2, 0) is 4.79 Å². The second-order valence-corrected chi connectivity index (χ2v) is 4.33. The molecule has 0 bridgehead atoms. The lowest BCUT2D eigenvalue weighted by atomic mass is 10.1. The number of rotatable bonds is 3. The molecule has 2 rings (SSSR count). The highest BCUT2D eigenvalue weighted by atomic mass is 16.2. The van der Waals surface area contributed by atoms with Gasteiger partial charge in [-0.2, -0.15) is 0 Å². The average molecular weight is 243 g/mol. The summed E-state index contributed by atoms with van der Waals surface area (Å²) < 4.78 is 0. The maximum absolute atomic E-state index is 11.8. The summed E-state index contributed by atoms with van der Waals surface area (Å²) in [6.45, 7) is 3.81. The monoisotopic (exact) mass is 243 g/mol. The first-order chi connectivity index (χ1) is 8.61. The van der Waals surface area contributed by atoms with E-state index in [9.17, 15) is 4.79 Å². The van der Waals surface area contributed by atoms with E-state index in [2.05, 4.69) is 10.3 Å². The Hall–Kier alpha value is -1.94. The zero-order valence-corrected chi connectivity index (χ0v) is 10.6. The Morgan fingerprint density at radius 3 is 2.89 bits per heavy atom. The number of nitrogens with zero attached hydrogens (tertiary/aromatic N) is 1. The molecule has 4 nitrogen and oxygen atoms in total. The summed E-state index contributed by atoms with van der Waals surface area (Å²) >= 11 is 0. The molecule has 2 aromatic rings. The van der Waals surface area contributed by atoms with Crippen LogP contribution in [0.3, 0.4) is 0 Å². The molecule has 0 radical (unpaired) electrons. The highest BCUT2D eigenvalue weighted by Gasteiger charge is 2.12. The molecular weight excluding hydrogens is 226 g/mol. The molecule has 1 aromatic heterocycles. The van der Waals surface area contributed by atoms with Crippen LogP contribution in [0, 0.1) is 6.92 Å². The van der Waals surface area contributed by atoms with Gasteiger partial charge in [-0.25, -0.2) is 0 Å². The Bertz CT molecular complexity index is 580. The lowest BCUT2D eigenvalue weighted by Gasteiger charge is -2.11. The number of pyridine rings is 1. The number of hydrogen-bond donors (Lipinski definition) is 2. The lowest BCUT2D eigenvalue weighted by molar-refractivity contribution is -0.117. The fraction of sp³-hybridized carbons (Fsp3) is 0.286. The maximum Gasteiger partial charge on any atom is 0.241 e. The van der Waals surface area contributed by atoms with Gasteiger partial charge in [0.1, 0.15) is 0 Å². The number of benzene rings is 1. The molecule has 1 amide bonds. The Balaban J connectivity index is 2.39. The molecule has 1 atom stereocenters. The van der Waals surface area contributed by atoms with Crippen LogP contribution in [0.2, 0.25) is 0 Å². The zero-order valence-electron chi connectivity index (χ0n) is 10.6. The van der Waals surface area contributed by atoms with Crippen LogP contribution in [0.4, 0.5) is 5.69 Å². The molecule has 18 heavy (non-hydrogen) atoms. The summed E-state index contributed by atoms with van der Waals surface area (Å²) in [4.78, 5) is 16.3. The van der Waals surface area contributed by atoms with Gasteiger partial charge in [-0.1, -0.05) is 25.1 Å². The molecule has 0 aliphatic carbocycles. The van der Waals surface area contributed by atoms with E-state index in [1.165, 1.54) is 0 Å². The second-order valence-electron chi connectivity index (χ2n) is 4.33. The second kappa shape index (κ2) is 5.14. The minimum atomic E-state index is -0.481. The average Bonchev–Trinajstić information content (AvgIpc) is 2.38. The molecule has 0 saturated carbocycles. The lowest BCUT2D eigenvalue weighted by Crippen LogP contribution is -2.34. The van der Waals surface area contributed by atoms with Crippen molar-refractivity contribution in [1.82, 2.24) is 4.98 Å². The van der Waals surface area contributed by atoms with Gasteiger partial charge < -0.3 is 11.1 Å². The van der Waals surface area contributed by atoms with E-state index in [0.29, 0.717) is 12.1 Å². The van der Waals surface area contributed by atoms with E-state index in [0.717, 1.165) is 16.6 Å². The third kappa shape index (κ3) is 2.49. The number of para-hydroxylation sites is 1. The highest BCUT2D eigenvalue weighted by molar-refractivity contribution is 6.02. The van der Waals surface area contributed by atoms with Gasteiger partial charge in [-0.05, 0) is 25.5 Å². The predicted molar refractivity (Wildman–Crippen MR) is 73.4 cm³/mol. The smallest absolute Gasteiger partial charge is 0.241 e. The quantitative estimate of drug-likeness (QED) is 0.868. The number of aryl methyl sites for hydroxylation is 1. The van der Waals surface area contributed by atoms with Crippen LogP contribution in [0.15, 0.2) is 30.3 Å². The molecule has 1 heterocycles. The number of nitrogens with two attached hydrogens (primary N) is 1. The van der Waals surface area contributed by atoms with Gasteiger partial charge in [0, 0.05) is 11.1 Å². The van der Waals surface area contributed by atoms with Crippen molar-refractivity contribution in [1.29, 1.82) is 0 Å². The van der Waals surface area contributed by atoms with Crippen molar-refractivity contribution in [2.75, 3.05) is 5.32 Å². The van der Waals surface area contributed by atoms with E-state index in [4.69, 9.17) is 5.73 Å². The minimum Gasteiger partial charge on any atom is -0.323 e. The van der Waals surface area contributed by atoms with E-state index < -0.39 is 6.04 Å². The summed E-state index contributed by atoms with van der Waals surface area (Å²) in [7, 11) is 0. The van der Waals surface area contributed by atoms with Crippen LogP contribution >= 0.6 is 0 Å². The van der Waals surface area contributed by atoms with Gasteiger partial charge in [-0.15, -0.1) is 0 Å². The molecule has 0 aliphatic heterocycles. The van der Waals surface area contributed by atoms with Gasteiger partial charge >= 0.3 is 0 Å². The molecular formula is C14H17N3O. The number of carbonyl (C=O) groups is 1. The van der Waals surface area contributed by atoms with Gasteiger partial charge in [0.05, 0.1) is 17.2 Å². The van der Waals surface area contributed by atoms with E-state index in [-0.39, 0.29) is 5.91 Å². The number of hydrogen-bond acceptors (Lipinski definition) is 3. The van der Waals surface area contributed by atoms with Gasteiger partial charge in [0.2, 0.25) is 5.91 Å². The third-order valence-corrected chi connectivity index (χ3v) is 2.89. The van der Waals surface area contributed by atoms with Crippen molar-refractivity contribution in [3.05, 3.63) is 36.0 Å². The van der Waals surface area contributed by atoms with Gasteiger partial charge in [0.25, 0.3) is 0 Å². The largest absolute Gasteiger partial charge is 0.323 e. The Labute approximate surface area is 106 Å². The van der Waals surface area contributed by atoms with Crippen LogP contribution < -0.4 is 11.1 Å². The van der Waals surface area contributed by atoms with Crippen molar-refractivity contribution in [2.45, 2.75) is 26.3 Å². The molecule has 1 aromatic carbocycles. The number of nitrogens with one attached hydrogen (secondary N) is 1. The van der Waals surface area contributed by atoms with Crippen LogP contribution in [0.25, 0.3) is 10.9 Å². The van der Waals surface area contributed by atoms with Crippen LogP contribution in [0.1, 0.15) is 19.0 Å². The molecule has 0 aliphatic rings. The first-order valence-corrected chi connectivity index (χ1v) is 6.04. The first kappa shape index (κ1) is 12.5. The molecule has 0 fully saturated rings. The van der Waals surface area contributed by atoms with Crippen LogP contribution in [-0.4, -0.2) is 16.9 Å². The third-order valence-electron chi connectivity index (χ3n) is 2.89. The Morgan fingerprint density at radius 2 is 2.17 bits per heavy atom. The van der Waals surface area contributed by atoms with Crippen molar-refractivity contribution in [2.24, 2.45) is 5.73 Å². The Kier molecular flexibility index (Phi) is 3.58. The van der Waals surface area contributed by atoms with Crippen molar-refractivity contribution >= 4 is 22.5 Å². The molecule has 94 valence electrons. The summed E-state index contributed by atoms with van der Waals surface area (Å²) in [5.74, 6) is -0.173. The summed E-state index contributed by atoms with van der Waals surface area (Å²) in [5, 5.41) is 3.84. The number of anilines is 1. The minimum absolute atomic E-state index is 0.173. The maximum atomic E-state index is 11.8. The fourth-order valence-corrected chi connectivity index (χ4v) is 1.76. The number of amides is 1. The van der Waals surface area contributed by atoms with Crippen molar-refractivity contribution < 1.29 is 4.79 Å². The van der Waals surface area contributed by atoms with E-state index in [1.54, 1.807) is 0 Å². The van der Waals surface area contributed by atoms with Gasteiger partial charge in [0.15, 0.2) is 0 Å². The number of aromatic nitrogens is 1. The van der Waals surface area contributed by atoms with Gasteiger partial charge in [-0.3, -0.25) is 9.78 Å². The van der Waals surface area contributed by atoms with E-state index >= 15 is 0 Å². The van der Waals surface area contributed by atoms with Crippen molar-refractivity contribution in [3.8, 4) is 0 Å². The topological polar surface area (TPSA) is 68.0 Å². The predicted octanol–water partition coefficient (Wildman–Crippen LogP) is 2.22. The summed E-state index contributed by atoms with van der Waals surface area (Å²) in [5.41, 5.74) is 8.14. The van der Waals surface area contributed by atoms with E-state index in [1.807, 2.05) is 44.2 Å². The first-order valence-electron chi connectivity index (χ1n) is 6.04. The normalized spacial score (nSPS) is 12.4. The zero-order chi connectivity index (χ0) is 13.1. The summed E-state index contributed by atoms with van der Waals surface area (Å²) in [6.07, 6.45) is 0.614. The fourth-order valence-electron chi connectivity index (χ4n) is 1.76. The highest BCUT2D eigenvalue weighted by Crippen LogP contribution is 2.21. The molecule has 4 heteroatoms.